The van der Waals surface area contributed by atoms with Gasteiger partial charge in [-0.2, -0.15) is 0 Å². The Hall–Kier alpha value is -2.37. The van der Waals surface area contributed by atoms with E-state index in [1.165, 1.54) is 0 Å². The molecule has 1 aromatic heterocycles. The highest BCUT2D eigenvalue weighted by molar-refractivity contribution is 5.69. The average Bonchev–Trinajstić information content (AvgIpc) is 2.71. The number of hydrogen-bond donors (Lipinski definition) is 1. The van der Waals surface area contributed by atoms with E-state index >= 15 is 0 Å². The lowest BCUT2D eigenvalue weighted by Crippen LogP contribution is -2.04. The van der Waals surface area contributed by atoms with Crippen molar-refractivity contribution < 1.29 is 14.6 Å². The normalized spacial score (nSPS) is 10.4. The van der Waals surface area contributed by atoms with Gasteiger partial charge < -0.3 is 9.84 Å². The minimum absolute atomic E-state index is 0.128. The zero-order chi connectivity index (χ0) is 13.8. The van der Waals surface area contributed by atoms with Crippen molar-refractivity contribution in [1.29, 1.82) is 0 Å². The Bertz CT molecular complexity index is 593. The van der Waals surface area contributed by atoms with Gasteiger partial charge in [-0.25, -0.2) is 4.68 Å². The summed E-state index contributed by atoms with van der Waals surface area (Å²) in [6, 6.07) is 7.43. The fraction of sp³-hybridized carbons (Fsp3) is 0.308. The van der Waals surface area contributed by atoms with Crippen molar-refractivity contribution >= 4 is 5.97 Å². The monoisotopic (exact) mass is 261 g/mol. The second-order valence-corrected chi connectivity index (χ2v) is 4.03. The number of benzene rings is 1. The van der Waals surface area contributed by atoms with Crippen molar-refractivity contribution in [3.05, 3.63) is 35.7 Å². The Morgan fingerprint density at radius 2 is 2.26 bits per heavy atom. The van der Waals surface area contributed by atoms with Crippen LogP contribution in [0, 0.1) is 6.92 Å². The molecule has 1 N–H and O–H groups in total. The fourth-order valence-electron chi connectivity index (χ4n) is 1.78. The molecule has 0 amide bonds. The lowest BCUT2D eigenvalue weighted by atomic mass is 10.2. The van der Waals surface area contributed by atoms with Crippen LogP contribution >= 0.6 is 0 Å². The number of ether oxygens (including phenoxy) is 1. The molecule has 0 aliphatic rings. The Morgan fingerprint density at radius 3 is 2.95 bits per heavy atom. The fourth-order valence-corrected chi connectivity index (χ4v) is 1.78. The van der Waals surface area contributed by atoms with Gasteiger partial charge in [0.1, 0.15) is 5.75 Å². The number of rotatable bonds is 5. The largest absolute Gasteiger partial charge is 0.494 e. The zero-order valence-corrected chi connectivity index (χ0v) is 10.8. The highest BCUT2D eigenvalue weighted by Crippen LogP contribution is 2.18. The SMILES string of the molecule is CCOc1cccc(-n2nnc(CC(=O)O)c2C)c1. The lowest BCUT2D eigenvalue weighted by Gasteiger charge is -2.07. The maximum absolute atomic E-state index is 10.7. The van der Waals surface area contributed by atoms with Gasteiger partial charge in [0.25, 0.3) is 0 Å². The minimum atomic E-state index is -0.918. The molecule has 0 saturated heterocycles. The van der Waals surface area contributed by atoms with Gasteiger partial charge in [-0.3, -0.25) is 4.79 Å². The highest BCUT2D eigenvalue weighted by atomic mass is 16.5. The van der Waals surface area contributed by atoms with E-state index < -0.39 is 5.97 Å². The van der Waals surface area contributed by atoms with Gasteiger partial charge in [0, 0.05) is 6.07 Å². The Balaban J connectivity index is 2.34. The predicted octanol–water partition coefficient (Wildman–Crippen LogP) is 1.60. The van der Waals surface area contributed by atoms with Crippen LogP contribution in [0.4, 0.5) is 0 Å². The minimum Gasteiger partial charge on any atom is -0.494 e. The molecule has 6 heteroatoms. The number of aliphatic carboxylic acids is 1. The third kappa shape index (κ3) is 2.90. The zero-order valence-electron chi connectivity index (χ0n) is 10.8. The summed E-state index contributed by atoms with van der Waals surface area (Å²) in [5, 5.41) is 16.7. The molecule has 0 atom stereocenters. The molecular formula is C13H15N3O3. The van der Waals surface area contributed by atoms with Gasteiger partial charge in [-0.05, 0) is 26.0 Å². The smallest absolute Gasteiger partial charge is 0.309 e. The second-order valence-electron chi connectivity index (χ2n) is 4.03. The molecule has 2 rings (SSSR count). The number of carboxylic acid groups (broad SMARTS) is 1. The molecule has 0 aliphatic heterocycles. The van der Waals surface area contributed by atoms with Crippen molar-refractivity contribution in [1.82, 2.24) is 15.0 Å². The van der Waals surface area contributed by atoms with E-state index in [2.05, 4.69) is 10.3 Å². The van der Waals surface area contributed by atoms with Crippen LogP contribution in [0.2, 0.25) is 0 Å². The van der Waals surface area contributed by atoms with Gasteiger partial charge in [0.2, 0.25) is 0 Å². The van der Waals surface area contributed by atoms with Crippen molar-refractivity contribution in [3.63, 3.8) is 0 Å². The molecule has 1 aromatic carbocycles. The van der Waals surface area contributed by atoms with E-state index in [1.54, 1.807) is 11.6 Å². The highest BCUT2D eigenvalue weighted by Gasteiger charge is 2.13. The molecule has 0 saturated carbocycles. The molecule has 0 fully saturated rings. The van der Waals surface area contributed by atoms with Crippen LogP contribution in [0.15, 0.2) is 24.3 Å². The molecule has 0 spiro atoms. The predicted molar refractivity (Wildman–Crippen MR) is 68.6 cm³/mol. The van der Waals surface area contributed by atoms with Crippen LogP contribution in [-0.2, 0) is 11.2 Å². The number of carbonyl (C=O) groups is 1. The summed E-state index contributed by atoms with van der Waals surface area (Å²) in [6.45, 7) is 4.30. The third-order valence-corrected chi connectivity index (χ3v) is 2.68. The van der Waals surface area contributed by atoms with Gasteiger partial charge in [0.05, 0.1) is 30.1 Å². The summed E-state index contributed by atoms with van der Waals surface area (Å²) in [4.78, 5) is 10.7. The maximum atomic E-state index is 10.7. The van der Waals surface area contributed by atoms with E-state index in [0.717, 1.165) is 17.1 Å². The van der Waals surface area contributed by atoms with E-state index in [0.29, 0.717) is 12.3 Å². The van der Waals surface area contributed by atoms with Gasteiger partial charge >= 0.3 is 5.97 Å². The van der Waals surface area contributed by atoms with Gasteiger partial charge in [0.15, 0.2) is 0 Å². The summed E-state index contributed by atoms with van der Waals surface area (Å²) in [6.07, 6.45) is -0.128. The number of carboxylic acids is 1. The number of aromatic nitrogens is 3. The first-order valence-corrected chi connectivity index (χ1v) is 5.98. The molecule has 6 nitrogen and oxygen atoms in total. The molecule has 2 aromatic rings. The molecule has 1 heterocycles. The molecule has 0 bridgehead atoms. The number of nitrogens with zero attached hydrogens (tertiary/aromatic N) is 3. The van der Waals surface area contributed by atoms with Crippen LogP contribution < -0.4 is 4.74 Å². The van der Waals surface area contributed by atoms with Crippen molar-refractivity contribution in [2.24, 2.45) is 0 Å². The van der Waals surface area contributed by atoms with E-state index in [9.17, 15) is 4.79 Å². The first-order chi connectivity index (χ1) is 9.11. The number of hydrogen-bond acceptors (Lipinski definition) is 4. The van der Waals surface area contributed by atoms with Crippen molar-refractivity contribution in [2.75, 3.05) is 6.61 Å². The van der Waals surface area contributed by atoms with E-state index in [1.807, 2.05) is 31.2 Å². The van der Waals surface area contributed by atoms with Crippen molar-refractivity contribution in [2.45, 2.75) is 20.3 Å². The molecule has 0 unspecified atom stereocenters. The van der Waals surface area contributed by atoms with E-state index in [-0.39, 0.29) is 6.42 Å². The van der Waals surface area contributed by atoms with Crippen LogP contribution in [-0.4, -0.2) is 32.7 Å². The van der Waals surface area contributed by atoms with Crippen LogP contribution in [0.1, 0.15) is 18.3 Å². The van der Waals surface area contributed by atoms with E-state index in [4.69, 9.17) is 9.84 Å². The van der Waals surface area contributed by atoms with Gasteiger partial charge in [-0.15, -0.1) is 5.10 Å². The Kier molecular flexibility index (Phi) is 3.79. The molecular weight excluding hydrogens is 246 g/mol. The summed E-state index contributed by atoms with van der Waals surface area (Å²) >= 11 is 0. The quantitative estimate of drug-likeness (QED) is 0.884. The summed E-state index contributed by atoms with van der Waals surface area (Å²) < 4.78 is 7.04. The summed E-state index contributed by atoms with van der Waals surface area (Å²) in [5.74, 6) is -0.173. The second kappa shape index (κ2) is 5.51. The molecule has 100 valence electrons. The summed E-state index contributed by atoms with van der Waals surface area (Å²) in [5.41, 5.74) is 1.98. The molecule has 0 aliphatic carbocycles. The lowest BCUT2D eigenvalue weighted by molar-refractivity contribution is -0.136. The Morgan fingerprint density at radius 1 is 1.47 bits per heavy atom. The maximum Gasteiger partial charge on any atom is 0.309 e. The first-order valence-electron chi connectivity index (χ1n) is 5.98. The molecule has 19 heavy (non-hydrogen) atoms. The summed E-state index contributed by atoms with van der Waals surface area (Å²) in [7, 11) is 0. The average molecular weight is 261 g/mol. The van der Waals surface area contributed by atoms with Crippen LogP contribution in [0.25, 0.3) is 5.69 Å². The first kappa shape index (κ1) is 13.1. The van der Waals surface area contributed by atoms with Crippen LogP contribution in [0.5, 0.6) is 5.75 Å². The van der Waals surface area contributed by atoms with Crippen LogP contribution in [0.3, 0.4) is 0 Å². The van der Waals surface area contributed by atoms with Gasteiger partial charge in [-0.1, -0.05) is 11.3 Å². The standard InChI is InChI=1S/C13H15N3O3/c1-3-19-11-6-4-5-10(7-11)16-9(2)12(14-15-16)8-13(17)18/h4-7H,3,8H2,1-2H3,(H,17,18). The molecule has 0 radical (unpaired) electrons. The van der Waals surface area contributed by atoms with Crippen molar-refractivity contribution in [3.8, 4) is 11.4 Å². The topological polar surface area (TPSA) is 77.2 Å². The Labute approximate surface area is 110 Å². The third-order valence-electron chi connectivity index (χ3n) is 2.68.